The maximum Gasteiger partial charge on any atom is 0.338 e. The fourth-order valence-corrected chi connectivity index (χ4v) is 3.98. The van der Waals surface area contributed by atoms with Crippen molar-refractivity contribution in [2.45, 2.75) is 136 Å². The number of ether oxygens (including phenoxy) is 2. The van der Waals surface area contributed by atoms with Gasteiger partial charge in [-0.25, -0.2) is 9.59 Å². The van der Waals surface area contributed by atoms with Gasteiger partial charge in [-0.3, -0.25) is 9.59 Å². The molecule has 8 nitrogen and oxygen atoms in total. The number of carboxylic acids is 1. The lowest BCUT2D eigenvalue weighted by atomic mass is 10.0. The maximum atomic E-state index is 12.3. The van der Waals surface area contributed by atoms with E-state index in [4.69, 9.17) is 14.6 Å². The Balaban J connectivity index is 2.18. The molecule has 1 amide bonds. The van der Waals surface area contributed by atoms with Gasteiger partial charge in [0.2, 0.25) is 5.91 Å². The summed E-state index contributed by atoms with van der Waals surface area (Å²) in [5, 5.41) is 11.6. The highest BCUT2D eigenvalue weighted by atomic mass is 16.6. The van der Waals surface area contributed by atoms with Crippen molar-refractivity contribution in [1.29, 1.82) is 0 Å². The molecule has 0 unspecified atom stereocenters. The van der Waals surface area contributed by atoms with E-state index in [9.17, 15) is 19.2 Å². The number of hydrogen-bond acceptors (Lipinski definition) is 6. The summed E-state index contributed by atoms with van der Waals surface area (Å²) in [6.07, 6.45) is 9.48. The molecule has 2 N–H and O–H groups in total. The lowest BCUT2D eigenvalue weighted by Gasteiger charge is -2.24. The van der Waals surface area contributed by atoms with Crippen molar-refractivity contribution in [3.05, 3.63) is 35.4 Å². The molecule has 0 heterocycles. The minimum atomic E-state index is -1.02. The number of unbranched alkanes of at least 4 members (excludes halogenated alkanes) is 7. The second-order valence-corrected chi connectivity index (χ2v) is 12.1. The number of carbonyl (C=O) groups is 4. The van der Waals surface area contributed by atoms with Crippen LogP contribution in [0.3, 0.4) is 0 Å². The predicted molar refractivity (Wildman–Crippen MR) is 152 cm³/mol. The molecule has 0 aliphatic heterocycles. The molecule has 0 saturated heterocycles. The molecule has 1 rings (SSSR count). The third kappa shape index (κ3) is 17.3. The number of benzene rings is 1. The van der Waals surface area contributed by atoms with Crippen molar-refractivity contribution in [2.24, 2.45) is 0 Å². The van der Waals surface area contributed by atoms with Gasteiger partial charge in [-0.15, -0.1) is 0 Å². The van der Waals surface area contributed by atoms with Gasteiger partial charge in [0.1, 0.15) is 17.2 Å². The number of aliphatic carboxylic acids is 1. The van der Waals surface area contributed by atoms with Crippen LogP contribution in [-0.2, 0) is 30.3 Å². The van der Waals surface area contributed by atoms with Crippen LogP contribution in [0, 0.1) is 0 Å². The first kappa shape index (κ1) is 34.1. The van der Waals surface area contributed by atoms with Gasteiger partial charge >= 0.3 is 17.9 Å². The van der Waals surface area contributed by atoms with Crippen LogP contribution in [0.25, 0.3) is 0 Å². The number of carboxylic acid groups (broad SMARTS) is 1. The minimum absolute atomic E-state index is 0.00732. The monoisotopic (exact) mass is 547 g/mol. The van der Waals surface area contributed by atoms with Crippen LogP contribution in [-0.4, -0.2) is 46.2 Å². The molecule has 8 heteroatoms. The van der Waals surface area contributed by atoms with Crippen molar-refractivity contribution in [3.8, 4) is 0 Å². The quantitative estimate of drug-likeness (QED) is 0.171. The summed E-state index contributed by atoms with van der Waals surface area (Å²) in [6, 6.07) is 6.71. The second kappa shape index (κ2) is 16.9. The highest BCUT2D eigenvalue weighted by molar-refractivity contribution is 5.89. The van der Waals surface area contributed by atoms with Crippen molar-refractivity contribution in [3.63, 3.8) is 0 Å². The Morgan fingerprint density at radius 1 is 0.744 bits per heavy atom. The smallest absolute Gasteiger partial charge is 0.338 e. The minimum Gasteiger partial charge on any atom is -0.481 e. The SMILES string of the molecule is CC(C)(C)OC(=O)c1ccc(CCCCCCCCCCC(=O)N[C@@H](CCC(=O)O)C(=O)OC(C)(C)C)cc1. The van der Waals surface area contributed by atoms with Crippen LogP contribution in [0.2, 0.25) is 0 Å². The van der Waals surface area contributed by atoms with Gasteiger partial charge in [-0.2, -0.15) is 0 Å². The van der Waals surface area contributed by atoms with E-state index in [-0.39, 0.29) is 24.7 Å². The van der Waals surface area contributed by atoms with E-state index in [2.05, 4.69) is 5.32 Å². The van der Waals surface area contributed by atoms with Gasteiger partial charge in [0.15, 0.2) is 0 Å². The zero-order valence-electron chi connectivity index (χ0n) is 24.8. The van der Waals surface area contributed by atoms with E-state index in [1.807, 2.05) is 45.0 Å². The fourth-order valence-electron chi connectivity index (χ4n) is 3.98. The van der Waals surface area contributed by atoms with Crippen molar-refractivity contribution in [2.75, 3.05) is 0 Å². The number of aryl methyl sites for hydroxylation is 1. The first-order valence-corrected chi connectivity index (χ1v) is 14.2. The summed E-state index contributed by atoms with van der Waals surface area (Å²) in [5.41, 5.74) is 0.588. The first-order chi connectivity index (χ1) is 18.2. The van der Waals surface area contributed by atoms with Crippen LogP contribution in [0.1, 0.15) is 128 Å². The Hall–Kier alpha value is -2.90. The van der Waals surface area contributed by atoms with E-state index in [1.165, 1.54) is 5.56 Å². The third-order valence-corrected chi connectivity index (χ3v) is 5.88. The molecule has 0 aliphatic rings. The van der Waals surface area contributed by atoms with Gasteiger partial charge in [0.25, 0.3) is 0 Å². The molecule has 0 spiro atoms. The molecule has 0 bridgehead atoms. The van der Waals surface area contributed by atoms with Crippen LogP contribution in [0.15, 0.2) is 24.3 Å². The third-order valence-electron chi connectivity index (χ3n) is 5.88. The van der Waals surface area contributed by atoms with E-state index in [0.29, 0.717) is 12.0 Å². The molecule has 220 valence electrons. The lowest BCUT2D eigenvalue weighted by molar-refractivity contribution is -0.159. The maximum absolute atomic E-state index is 12.3. The molecule has 0 aliphatic carbocycles. The van der Waals surface area contributed by atoms with Crippen LogP contribution < -0.4 is 5.32 Å². The van der Waals surface area contributed by atoms with Crippen LogP contribution >= 0.6 is 0 Å². The molecule has 0 aromatic heterocycles. The van der Waals surface area contributed by atoms with Crippen molar-refractivity contribution < 1.29 is 33.8 Å². The van der Waals surface area contributed by atoms with E-state index in [1.54, 1.807) is 20.8 Å². The normalized spacial score (nSPS) is 12.5. The zero-order valence-corrected chi connectivity index (χ0v) is 24.8. The van der Waals surface area contributed by atoms with Crippen molar-refractivity contribution in [1.82, 2.24) is 5.32 Å². The highest BCUT2D eigenvalue weighted by Crippen LogP contribution is 2.16. The molecular weight excluding hydrogens is 498 g/mol. The van der Waals surface area contributed by atoms with Gasteiger partial charge in [-0.05, 0) is 84.9 Å². The Kier molecular flexibility index (Phi) is 14.8. The Morgan fingerprint density at radius 2 is 1.26 bits per heavy atom. The first-order valence-electron chi connectivity index (χ1n) is 14.2. The molecule has 39 heavy (non-hydrogen) atoms. The standard InChI is InChI=1S/C31H49NO7/c1-30(2,3)38-28(36)24-19-17-23(18-20-24)15-13-11-9-7-8-10-12-14-16-26(33)32-25(21-22-27(34)35)29(37)39-31(4,5)6/h17-20,25H,7-16,21-22H2,1-6H3,(H,32,33)(H,34,35)/t25-/m0/s1. The molecule has 0 fully saturated rings. The van der Waals surface area contributed by atoms with E-state index in [0.717, 1.165) is 57.8 Å². The van der Waals surface area contributed by atoms with Gasteiger partial charge in [0, 0.05) is 12.8 Å². The van der Waals surface area contributed by atoms with Crippen molar-refractivity contribution >= 4 is 23.8 Å². The average molecular weight is 548 g/mol. The summed E-state index contributed by atoms with van der Waals surface area (Å²) in [6.45, 7) is 10.8. The van der Waals surface area contributed by atoms with Crippen LogP contribution in [0.5, 0.6) is 0 Å². The van der Waals surface area contributed by atoms with Gasteiger partial charge in [0.05, 0.1) is 5.56 Å². The van der Waals surface area contributed by atoms with E-state index >= 15 is 0 Å². The molecule has 1 aromatic rings. The number of carbonyl (C=O) groups excluding carboxylic acids is 3. The Labute approximate surface area is 234 Å². The number of hydrogen-bond donors (Lipinski definition) is 2. The molecule has 1 atom stereocenters. The zero-order chi connectivity index (χ0) is 29.5. The largest absolute Gasteiger partial charge is 0.481 e. The molecular formula is C31H49NO7. The summed E-state index contributed by atoms with van der Waals surface area (Å²) in [4.78, 5) is 47.7. The number of esters is 2. The van der Waals surface area contributed by atoms with Gasteiger partial charge in [-0.1, -0.05) is 50.7 Å². The fraction of sp³-hybridized carbons (Fsp3) is 0.677. The molecule has 0 radical (unpaired) electrons. The Bertz CT molecular complexity index is 910. The highest BCUT2D eigenvalue weighted by Gasteiger charge is 2.27. The van der Waals surface area contributed by atoms with E-state index < -0.39 is 29.2 Å². The number of rotatable bonds is 17. The van der Waals surface area contributed by atoms with Crippen LogP contribution in [0.4, 0.5) is 0 Å². The molecule has 1 aromatic carbocycles. The topological polar surface area (TPSA) is 119 Å². The molecule has 0 saturated carbocycles. The second-order valence-electron chi connectivity index (χ2n) is 12.1. The number of nitrogens with one attached hydrogen (secondary N) is 1. The van der Waals surface area contributed by atoms with Gasteiger partial charge < -0.3 is 19.9 Å². The predicted octanol–water partition coefficient (Wildman–Crippen LogP) is 6.39. The summed E-state index contributed by atoms with van der Waals surface area (Å²) < 4.78 is 10.7. The lowest BCUT2D eigenvalue weighted by Crippen LogP contribution is -2.44. The number of amides is 1. The summed E-state index contributed by atoms with van der Waals surface area (Å²) >= 11 is 0. The summed E-state index contributed by atoms with van der Waals surface area (Å²) in [7, 11) is 0. The Morgan fingerprint density at radius 3 is 1.77 bits per heavy atom. The summed E-state index contributed by atoms with van der Waals surface area (Å²) in [5.74, 6) is -2.17. The average Bonchev–Trinajstić information content (AvgIpc) is 2.80.